The number of carbonyl (C=O) groups is 1. The SMILES string of the molecule is CC1c2cccn2CCN1C(=O)c1ccc(Oc2cccc(Br)c2)nc1. The number of ether oxygens (including phenoxy) is 1. The smallest absolute Gasteiger partial charge is 0.256 e. The van der Waals surface area contributed by atoms with Gasteiger partial charge in [0.05, 0.1) is 11.6 Å². The Labute approximate surface area is 160 Å². The highest BCUT2D eigenvalue weighted by molar-refractivity contribution is 9.10. The molecule has 1 amide bonds. The molecule has 1 aliphatic rings. The normalized spacial score (nSPS) is 16.2. The second-order valence-corrected chi connectivity index (χ2v) is 7.16. The molecule has 0 bridgehead atoms. The number of hydrogen-bond acceptors (Lipinski definition) is 3. The van der Waals surface area contributed by atoms with Crippen molar-refractivity contribution in [1.82, 2.24) is 14.5 Å². The van der Waals surface area contributed by atoms with Gasteiger partial charge >= 0.3 is 0 Å². The summed E-state index contributed by atoms with van der Waals surface area (Å²) in [7, 11) is 0. The second-order valence-electron chi connectivity index (χ2n) is 6.25. The van der Waals surface area contributed by atoms with E-state index in [-0.39, 0.29) is 11.9 Å². The summed E-state index contributed by atoms with van der Waals surface area (Å²) >= 11 is 3.41. The average Bonchev–Trinajstić information content (AvgIpc) is 3.12. The van der Waals surface area contributed by atoms with Gasteiger partial charge in [-0.3, -0.25) is 4.79 Å². The van der Waals surface area contributed by atoms with E-state index in [9.17, 15) is 4.79 Å². The van der Waals surface area contributed by atoms with E-state index in [1.54, 1.807) is 18.3 Å². The highest BCUT2D eigenvalue weighted by Gasteiger charge is 2.28. The van der Waals surface area contributed by atoms with Crippen molar-refractivity contribution < 1.29 is 9.53 Å². The van der Waals surface area contributed by atoms with Crippen LogP contribution in [0.2, 0.25) is 0 Å². The van der Waals surface area contributed by atoms with Crippen molar-refractivity contribution in [2.24, 2.45) is 0 Å². The summed E-state index contributed by atoms with van der Waals surface area (Å²) in [6, 6.07) is 15.2. The minimum Gasteiger partial charge on any atom is -0.439 e. The summed E-state index contributed by atoms with van der Waals surface area (Å²) in [4.78, 5) is 19.1. The maximum Gasteiger partial charge on any atom is 0.256 e. The first kappa shape index (κ1) is 16.8. The van der Waals surface area contributed by atoms with Gasteiger partial charge in [0.15, 0.2) is 0 Å². The van der Waals surface area contributed by atoms with Crippen LogP contribution >= 0.6 is 15.9 Å². The van der Waals surface area contributed by atoms with Crippen molar-refractivity contribution >= 4 is 21.8 Å². The fourth-order valence-electron chi connectivity index (χ4n) is 3.24. The lowest BCUT2D eigenvalue weighted by Crippen LogP contribution is -2.40. The number of pyridine rings is 1. The zero-order valence-corrected chi connectivity index (χ0v) is 15.9. The Bertz CT molecular complexity index is 936. The fourth-order valence-corrected chi connectivity index (χ4v) is 3.62. The molecule has 3 heterocycles. The van der Waals surface area contributed by atoms with E-state index in [4.69, 9.17) is 4.74 Å². The van der Waals surface area contributed by atoms with E-state index >= 15 is 0 Å². The van der Waals surface area contributed by atoms with Crippen LogP contribution < -0.4 is 4.74 Å². The van der Waals surface area contributed by atoms with Crippen LogP contribution in [-0.2, 0) is 6.54 Å². The van der Waals surface area contributed by atoms with Gasteiger partial charge in [-0.05, 0) is 43.3 Å². The largest absolute Gasteiger partial charge is 0.439 e. The van der Waals surface area contributed by atoms with Crippen LogP contribution in [0, 0.1) is 0 Å². The lowest BCUT2D eigenvalue weighted by atomic mass is 10.1. The van der Waals surface area contributed by atoms with Gasteiger partial charge in [-0.1, -0.05) is 22.0 Å². The van der Waals surface area contributed by atoms with Crippen molar-refractivity contribution in [3.05, 3.63) is 76.7 Å². The molecule has 132 valence electrons. The van der Waals surface area contributed by atoms with Crippen molar-refractivity contribution in [2.75, 3.05) is 6.54 Å². The maximum atomic E-state index is 12.9. The number of hydrogen-bond donors (Lipinski definition) is 0. The molecule has 1 aromatic carbocycles. The second kappa shape index (κ2) is 6.96. The van der Waals surface area contributed by atoms with Gasteiger partial charge in [-0.2, -0.15) is 0 Å². The van der Waals surface area contributed by atoms with Crippen LogP contribution in [0.4, 0.5) is 0 Å². The summed E-state index contributed by atoms with van der Waals surface area (Å²) in [5.74, 6) is 1.14. The Morgan fingerprint density at radius 3 is 2.85 bits per heavy atom. The molecular weight excluding hydrogens is 394 g/mol. The minimum absolute atomic E-state index is 0.00791. The van der Waals surface area contributed by atoms with Gasteiger partial charge in [0.1, 0.15) is 5.75 Å². The molecule has 0 fully saturated rings. The number of fused-ring (bicyclic) bond motifs is 1. The number of aromatic nitrogens is 2. The number of rotatable bonds is 3. The Hall–Kier alpha value is -2.60. The Morgan fingerprint density at radius 2 is 2.08 bits per heavy atom. The molecule has 1 unspecified atom stereocenters. The molecule has 0 saturated heterocycles. The Kier molecular flexibility index (Phi) is 4.51. The molecule has 26 heavy (non-hydrogen) atoms. The summed E-state index contributed by atoms with van der Waals surface area (Å²) < 4.78 is 8.86. The molecule has 1 atom stereocenters. The molecule has 2 aromatic heterocycles. The topological polar surface area (TPSA) is 47.4 Å². The predicted octanol–water partition coefficient (Wildman–Crippen LogP) is 4.65. The highest BCUT2D eigenvalue weighted by atomic mass is 79.9. The molecule has 4 rings (SSSR count). The van der Waals surface area contributed by atoms with Crippen LogP contribution in [-0.4, -0.2) is 26.9 Å². The predicted molar refractivity (Wildman–Crippen MR) is 102 cm³/mol. The molecule has 5 nitrogen and oxygen atoms in total. The zero-order valence-electron chi connectivity index (χ0n) is 14.3. The van der Waals surface area contributed by atoms with Crippen LogP contribution in [0.3, 0.4) is 0 Å². The first-order valence-corrected chi connectivity index (χ1v) is 9.26. The number of amides is 1. The van der Waals surface area contributed by atoms with Crippen LogP contribution in [0.25, 0.3) is 0 Å². The van der Waals surface area contributed by atoms with Crippen LogP contribution in [0.1, 0.15) is 29.0 Å². The van der Waals surface area contributed by atoms with Crippen LogP contribution in [0.15, 0.2) is 65.4 Å². The molecule has 3 aromatic rings. The molecule has 0 aliphatic carbocycles. The number of benzene rings is 1. The minimum atomic E-state index is -0.00791. The van der Waals surface area contributed by atoms with E-state index in [0.29, 0.717) is 23.7 Å². The van der Waals surface area contributed by atoms with E-state index < -0.39 is 0 Å². The Morgan fingerprint density at radius 1 is 1.19 bits per heavy atom. The molecule has 0 spiro atoms. The molecular formula is C20H18BrN3O2. The van der Waals surface area contributed by atoms with E-state index in [1.807, 2.05) is 35.2 Å². The van der Waals surface area contributed by atoms with E-state index in [2.05, 4.69) is 44.7 Å². The first-order valence-electron chi connectivity index (χ1n) is 8.47. The van der Waals surface area contributed by atoms with Crippen LogP contribution in [0.5, 0.6) is 11.6 Å². The molecule has 0 N–H and O–H groups in total. The Balaban J connectivity index is 1.49. The summed E-state index contributed by atoms with van der Waals surface area (Å²) in [6.07, 6.45) is 3.64. The monoisotopic (exact) mass is 411 g/mol. The van der Waals surface area contributed by atoms with Gasteiger partial charge in [0.25, 0.3) is 5.91 Å². The number of nitrogens with zero attached hydrogens (tertiary/aromatic N) is 3. The van der Waals surface area contributed by atoms with Crippen molar-refractivity contribution in [3.8, 4) is 11.6 Å². The van der Waals surface area contributed by atoms with Crippen molar-refractivity contribution in [1.29, 1.82) is 0 Å². The third kappa shape index (κ3) is 3.24. The maximum absolute atomic E-state index is 12.9. The average molecular weight is 412 g/mol. The van der Waals surface area contributed by atoms with E-state index in [0.717, 1.165) is 16.7 Å². The number of halogens is 1. The molecule has 6 heteroatoms. The highest BCUT2D eigenvalue weighted by Crippen LogP contribution is 2.27. The molecule has 0 radical (unpaired) electrons. The summed E-state index contributed by atoms with van der Waals surface area (Å²) in [5.41, 5.74) is 1.73. The van der Waals surface area contributed by atoms with Gasteiger partial charge in [-0.25, -0.2) is 4.98 Å². The third-order valence-corrected chi connectivity index (χ3v) is 5.10. The van der Waals surface area contributed by atoms with Gasteiger partial charge in [-0.15, -0.1) is 0 Å². The van der Waals surface area contributed by atoms with Crippen molar-refractivity contribution in [3.63, 3.8) is 0 Å². The zero-order chi connectivity index (χ0) is 18.1. The lowest BCUT2D eigenvalue weighted by molar-refractivity contribution is 0.0643. The third-order valence-electron chi connectivity index (χ3n) is 4.60. The molecule has 1 aliphatic heterocycles. The van der Waals surface area contributed by atoms with E-state index in [1.165, 1.54) is 0 Å². The van der Waals surface area contributed by atoms with Gasteiger partial charge in [0.2, 0.25) is 5.88 Å². The number of carbonyl (C=O) groups excluding carboxylic acids is 1. The molecule has 0 saturated carbocycles. The summed E-state index contributed by atoms with van der Waals surface area (Å²) in [5, 5.41) is 0. The quantitative estimate of drug-likeness (QED) is 0.629. The first-order chi connectivity index (χ1) is 12.6. The fraction of sp³-hybridized carbons (Fsp3) is 0.200. The van der Waals surface area contributed by atoms with Gasteiger partial charge in [0, 0.05) is 41.7 Å². The standard InChI is InChI=1S/C20H18BrN3O2/c1-14-18-6-3-9-23(18)10-11-24(14)20(25)15-7-8-19(22-13-15)26-17-5-2-4-16(21)12-17/h2-9,12-14H,10-11H2,1H3. The lowest BCUT2D eigenvalue weighted by Gasteiger charge is -2.35. The van der Waals surface area contributed by atoms with Crippen molar-refractivity contribution in [2.45, 2.75) is 19.5 Å². The van der Waals surface area contributed by atoms with Gasteiger partial charge < -0.3 is 14.2 Å². The summed E-state index contributed by atoms with van der Waals surface area (Å²) in [6.45, 7) is 3.56.